The van der Waals surface area contributed by atoms with Crippen LogP contribution in [0.2, 0.25) is 5.02 Å². The Balaban J connectivity index is 0.00000420. The van der Waals surface area contributed by atoms with E-state index in [9.17, 15) is 4.79 Å². The first-order valence-corrected chi connectivity index (χ1v) is 9.69. The normalized spacial score (nSPS) is 11.6. The van der Waals surface area contributed by atoms with E-state index in [1.807, 2.05) is 6.92 Å². The molecule has 0 aliphatic heterocycles. The molecule has 0 aliphatic carbocycles. The molecule has 0 unspecified atom stereocenters. The van der Waals surface area contributed by atoms with Gasteiger partial charge in [-0.15, -0.1) is 24.0 Å². The molecule has 0 aliphatic rings. The van der Waals surface area contributed by atoms with Gasteiger partial charge in [0.2, 0.25) is 5.89 Å². The van der Waals surface area contributed by atoms with E-state index >= 15 is 0 Å². The Morgan fingerprint density at radius 2 is 1.86 bits per heavy atom. The van der Waals surface area contributed by atoms with Crippen molar-refractivity contribution in [1.29, 1.82) is 0 Å². The van der Waals surface area contributed by atoms with Crippen molar-refractivity contribution >= 4 is 47.4 Å². The van der Waals surface area contributed by atoms with Gasteiger partial charge in [-0.1, -0.05) is 44.5 Å². The van der Waals surface area contributed by atoms with Crippen molar-refractivity contribution in [3.8, 4) is 0 Å². The van der Waals surface area contributed by atoms with Gasteiger partial charge in [0.25, 0.3) is 5.91 Å². The number of benzene rings is 1. The Morgan fingerprint density at radius 1 is 1.17 bits per heavy atom. The lowest BCUT2D eigenvalue weighted by atomic mass is 9.94. The number of aromatic nitrogens is 1. The number of aliphatic imine (C=N–C) groups is 1. The zero-order valence-electron chi connectivity index (χ0n) is 17.2. The number of hydrogen-bond acceptors (Lipinski definition) is 4. The molecule has 3 N–H and O–H groups in total. The molecule has 9 heteroatoms. The number of carbonyl (C=O) groups excluding carboxylic acids is 1. The zero-order valence-corrected chi connectivity index (χ0v) is 20.3. The smallest absolute Gasteiger partial charge is 0.252 e. The first-order valence-electron chi connectivity index (χ1n) is 9.31. The summed E-state index contributed by atoms with van der Waals surface area (Å²) in [5.74, 6) is 1.82. The van der Waals surface area contributed by atoms with Crippen LogP contribution in [0.4, 0.5) is 0 Å². The Labute approximate surface area is 194 Å². The lowest BCUT2D eigenvalue weighted by Gasteiger charge is -2.13. The summed E-state index contributed by atoms with van der Waals surface area (Å²) in [6.07, 6.45) is 1.75. The first-order chi connectivity index (χ1) is 13.3. The van der Waals surface area contributed by atoms with Crippen molar-refractivity contribution in [2.24, 2.45) is 4.99 Å². The standard InChI is InChI=1S/C20H28ClN5O2.HI/c1-5-22-19(26-13-17-25-12-16(28-17)20(2,3)4)24-11-10-23-18(27)14-8-6-7-9-15(14)21;/h6-9,12H,5,10-11,13H2,1-4H3,(H,23,27)(H2,22,24,26);1H. The van der Waals surface area contributed by atoms with Gasteiger partial charge < -0.3 is 20.4 Å². The van der Waals surface area contributed by atoms with Crippen molar-refractivity contribution in [2.45, 2.75) is 39.7 Å². The molecule has 29 heavy (non-hydrogen) atoms. The maximum absolute atomic E-state index is 12.1. The predicted octanol–water partition coefficient (Wildman–Crippen LogP) is 3.73. The number of carbonyl (C=O) groups is 1. The highest BCUT2D eigenvalue weighted by Gasteiger charge is 2.19. The molecule has 0 radical (unpaired) electrons. The quantitative estimate of drug-likeness (QED) is 0.218. The van der Waals surface area contributed by atoms with Crippen LogP contribution in [0.15, 0.2) is 39.9 Å². The van der Waals surface area contributed by atoms with Gasteiger partial charge in [0.15, 0.2) is 5.96 Å². The van der Waals surface area contributed by atoms with E-state index in [1.165, 1.54) is 0 Å². The minimum absolute atomic E-state index is 0. The number of hydrogen-bond donors (Lipinski definition) is 3. The fourth-order valence-electron chi connectivity index (χ4n) is 2.32. The Bertz CT molecular complexity index is 817. The second kappa shape index (κ2) is 12.0. The molecule has 1 aromatic carbocycles. The Kier molecular flexibility index (Phi) is 10.5. The van der Waals surface area contributed by atoms with Gasteiger partial charge in [-0.05, 0) is 19.1 Å². The van der Waals surface area contributed by atoms with Gasteiger partial charge in [-0.25, -0.2) is 9.98 Å². The van der Waals surface area contributed by atoms with Crippen molar-refractivity contribution in [3.63, 3.8) is 0 Å². The molecule has 7 nitrogen and oxygen atoms in total. The SMILES string of the molecule is CCNC(=NCc1ncc(C(C)(C)C)o1)NCCNC(=O)c1ccccc1Cl.I. The molecule has 160 valence electrons. The van der Waals surface area contributed by atoms with E-state index < -0.39 is 0 Å². The van der Waals surface area contributed by atoms with Crippen LogP contribution in [-0.2, 0) is 12.0 Å². The highest BCUT2D eigenvalue weighted by atomic mass is 127. The topological polar surface area (TPSA) is 91.6 Å². The second-order valence-electron chi connectivity index (χ2n) is 7.23. The van der Waals surface area contributed by atoms with Crippen LogP contribution >= 0.6 is 35.6 Å². The highest BCUT2D eigenvalue weighted by Crippen LogP contribution is 2.22. The number of halogens is 2. The van der Waals surface area contributed by atoms with Crippen LogP contribution in [0.25, 0.3) is 0 Å². The highest BCUT2D eigenvalue weighted by molar-refractivity contribution is 14.0. The first kappa shape index (κ1) is 25.2. The summed E-state index contributed by atoms with van der Waals surface area (Å²) < 4.78 is 5.75. The largest absolute Gasteiger partial charge is 0.443 e. The fourth-order valence-corrected chi connectivity index (χ4v) is 2.54. The number of nitrogens with one attached hydrogen (secondary N) is 3. The maximum atomic E-state index is 12.1. The Morgan fingerprint density at radius 3 is 2.48 bits per heavy atom. The molecule has 0 fully saturated rings. The predicted molar refractivity (Wildman–Crippen MR) is 127 cm³/mol. The average molecular weight is 534 g/mol. The molecular weight excluding hydrogens is 505 g/mol. The van der Waals surface area contributed by atoms with Crippen LogP contribution in [-0.4, -0.2) is 36.5 Å². The fraction of sp³-hybridized carbons (Fsp3) is 0.450. The van der Waals surface area contributed by atoms with Crippen LogP contribution < -0.4 is 16.0 Å². The van der Waals surface area contributed by atoms with Gasteiger partial charge in [0.05, 0.1) is 16.8 Å². The number of oxazole rings is 1. The monoisotopic (exact) mass is 533 g/mol. The summed E-state index contributed by atoms with van der Waals surface area (Å²) in [5.41, 5.74) is 0.376. The molecule has 0 atom stereocenters. The Hall–Kier alpha value is -1.81. The molecule has 0 saturated carbocycles. The van der Waals surface area contributed by atoms with E-state index in [2.05, 4.69) is 46.7 Å². The average Bonchev–Trinajstić information content (AvgIpc) is 3.13. The molecule has 2 rings (SSSR count). The van der Waals surface area contributed by atoms with Gasteiger partial charge in [0.1, 0.15) is 12.3 Å². The van der Waals surface area contributed by atoms with E-state index in [0.29, 0.717) is 42.1 Å². The van der Waals surface area contributed by atoms with Crippen molar-refractivity contribution in [2.75, 3.05) is 19.6 Å². The van der Waals surface area contributed by atoms with Crippen LogP contribution in [0.3, 0.4) is 0 Å². The molecule has 0 bridgehead atoms. The minimum atomic E-state index is -0.205. The van der Waals surface area contributed by atoms with Crippen molar-refractivity contribution in [3.05, 3.63) is 52.7 Å². The molecule has 0 spiro atoms. The molecule has 2 aromatic rings. The summed E-state index contributed by atoms with van der Waals surface area (Å²) in [7, 11) is 0. The van der Waals surface area contributed by atoms with E-state index in [4.69, 9.17) is 16.0 Å². The van der Waals surface area contributed by atoms with E-state index in [1.54, 1.807) is 30.5 Å². The molecule has 1 aromatic heterocycles. The van der Waals surface area contributed by atoms with Crippen molar-refractivity contribution < 1.29 is 9.21 Å². The third kappa shape index (κ3) is 8.22. The third-order valence-electron chi connectivity index (χ3n) is 3.83. The van der Waals surface area contributed by atoms with Crippen LogP contribution in [0.5, 0.6) is 0 Å². The van der Waals surface area contributed by atoms with Crippen LogP contribution in [0, 0.1) is 0 Å². The van der Waals surface area contributed by atoms with Crippen molar-refractivity contribution in [1.82, 2.24) is 20.9 Å². The molecule has 0 saturated heterocycles. The lowest BCUT2D eigenvalue weighted by molar-refractivity contribution is 0.0954. The van der Waals surface area contributed by atoms with E-state index in [-0.39, 0.29) is 35.3 Å². The molecular formula is C20H29ClIN5O2. The summed E-state index contributed by atoms with van der Waals surface area (Å²) >= 11 is 6.03. The molecule has 1 amide bonds. The minimum Gasteiger partial charge on any atom is -0.443 e. The van der Waals surface area contributed by atoms with E-state index in [0.717, 1.165) is 12.3 Å². The van der Waals surface area contributed by atoms with Gasteiger partial charge in [0, 0.05) is 25.0 Å². The molecule has 1 heterocycles. The summed E-state index contributed by atoms with van der Waals surface area (Å²) in [5, 5.41) is 9.59. The number of nitrogens with zero attached hydrogens (tertiary/aromatic N) is 2. The third-order valence-corrected chi connectivity index (χ3v) is 4.16. The van der Waals surface area contributed by atoms with Gasteiger partial charge in [-0.3, -0.25) is 4.79 Å². The van der Waals surface area contributed by atoms with Gasteiger partial charge in [-0.2, -0.15) is 0 Å². The number of guanidine groups is 1. The lowest BCUT2D eigenvalue weighted by Crippen LogP contribution is -2.41. The zero-order chi connectivity index (χ0) is 20.6. The second-order valence-corrected chi connectivity index (χ2v) is 7.63. The summed E-state index contributed by atoms with van der Waals surface area (Å²) in [6.45, 7) is 10.2. The van der Waals surface area contributed by atoms with Crippen LogP contribution in [0.1, 0.15) is 49.7 Å². The number of amides is 1. The van der Waals surface area contributed by atoms with Gasteiger partial charge >= 0.3 is 0 Å². The summed E-state index contributed by atoms with van der Waals surface area (Å²) in [6, 6.07) is 6.96. The number of rotatable bonds is 7. The maximum Gasteiger partial charge on any atom is 0.252 e. The summed E-state index contributed by atoms with van der Waals surface area (Å²) in [4.78, 5) is 20.9.